The summed E-state index contributed by atoms with van der Waals surface area (Å²) in [4.78, 5) is 0. The minimum Gasteiger partial charge on any atom is -0.497 e. The van der Waals surface area contributed by atoms with Gasteiger partial charge in [0.05, 0.1) is 7.11 Å². The monoisotopic (exact) mass is 211 g/mol. The highest BCUT2D eigenvalue weighted by atomic mass is 16.5. The normalized spacial score (nSPS) is 10.1. The highest BCUT2D eigenvalue weighted by Gasteiger charge is 1.99. The Balaban J connectivity index is 2.34. The van der Waals surface area contributed by atoms with Crippen LogP contribution in [-0.2, 0) is 6.42 Å². The molecule has 1 radical (unpaired) electrons. The molecule has 0 aliphatic rings. The van der Waals surface area contributed by atoms with Crippen LogP contribution in [-0.4, -0.2) is 7.11 Å². The lowest BCUT2D eigenvalue weighted by molar-refractivity contribution is 0.415. The Morgan fingerprint density at radius 1 is 1.06 bits per heavy atom. The number of methoxy groups -OCH3 is 1. The highest BCUT2D eigenvalue weighted by Crippen LogP contribution is 2.23. The van der Waals surface area contributed by atoms with Crippen LogP contribution in [0.5, 0.6) is 5.75 Å². The third-order valence-electron chi connectivity index (χ3n) is 2.67. The first-order valence-electron chi connectivity index (χ1n) is 5.48. The van der Waals surface area contributed by atoms with Gasteiger partial charge in [0.15, 0.2) is 0 Å². The van der Waals surface area contributed by atoms with Crippen molar-refractivity contribution >= 4 is 0 Å². The molecule has 0 aliphatic heterocycles. The molecule has 0 saturated heterocycles. The molecule has 0 saturated carbocycles. The van der Waals surface area contributed by atoms with Gasteiger partial charge < -0.3 is 4.74 Å². The summed E-state index contributed by atoms with van der Waals surface area (Å²) in [5, 5.41) is 0. The van der Waals surface area contributed by atoms with Crippen molar-refractivity contribution in [1.82, 2.24) is 0 Å². The first-order chi connectivity index (χ1) is 7.83. The Bertz CT molecular complexity index is 457. The maximum Gasteiger partial charge on any atom is 0.118 e. The van der Waals surface area contributed by atoms with Crippen molar-refractivity contribution in [3.05, 3.63) is 54.1 Å². The number of rotatable bonds is 3. The molecule has 16 heavy (non-hydrogen) atoms. The summed E-state index contributed by atoms with van der Waals surface area (Å²) in [5.74, 6) is 0.891. The molecule has 81 valence electrons. The fourth-order valence-corrected chi connectivity index (χ4v) is 1.68. The van der Waals surface area contributed by atoms with E-state index >= 15 is 0 Å². The lowest BCUT2D eigenvalue weighted by Gasteiger charge is -2.05. The Morgan fingerprint density at radius 3 is 2.44 bits per heavy atom. The zero-order chi connectivity index (χ0) is 11.4. The van der Waals surface area contributed by atoms with Crippen LogP contribution in [0.2, 0.25) is 0 Å². The molecule has 0 bridgehead atoms. The van der Waals surface area contributed by atoms with Crippen molar-refractivity contribution in [3.63, 3.8) is 0 Å². The van der Waals surface area contributed by atoms with E-state index in [-0.39, 0.29) is 0 Å². The van der Waals surface area contributed by atoms with Crippen LogP contribution in [0.15, 0.2) is 42.5 Å². The van der Waals surface area contributed by atoms with Crippen molar-refractivity contribution in [2.24, 2.45) is 0 Å². The molecule has 0 N–H and O–H groups in total. The van der Waals surface area contributed by atoms with Crippen molar-refractivity contribution in [2.45, 2.75) is 13.3 Å². The van der Waals surface area contributed by atoms with Gasteiger partial charge in [-0.25, -0.2) is 0 Å². The van der Waals surface area contributed by atoms with Gasteiger partial charge in [-0.1, -0.05) is 37.3 Å². The van der Waals surface area contributed by atoms with Crippen molar-refractivity contribution < 1.29 is 4.74 Å². The molecule has 0 atom stereocenters. The predicted molar refractivity (Wildman–Crippen MR) is 66.6 cm³/mol. The molecule has 2 aromatic carbocycles. The predicted octanol–water partition coefficient (Wildman–Crippen LogP) is 3.72. The minimum absolute atomic E-state index is 0.891. The molecule has 0 aliphatic carbocycles. The Hall–Kier alpha value is -1.76. The van der Waals surface area contributed by atoms with E-state index in [0.717, 1.165) is 12.2 Å². The van der Waals surface area contributed by atoms with Crippen molar-refractivity contribution in [1.29, 1.82) is 0 Å². The molecule has 1 heteroatoms. The number of ether oxygens (including phenoxy) is 1. The van der Waals surface area contributed by atoms with Crippen molar-refractivity contribution in [2.75, 3.05) is 7.11 Å². The van der Waals surface area contributed by atoms with Crippen LogP contribution in [0, 0.1) is 6.07 Å². The van der Waals surface area contributed by atoms with E-state index < -0.39 is 0 Å². The summed E-state index contributed by atoms with van der Waals surface area (Å²) in [5.41, 5.74) is 3.69. The topological polar surface area (TPSA) is 9.23 Å². The second kappa shape index (κ2) is 4.84. The number of aryl methyl sites for hydroxylation is 1. The largest absolute Gasteiger partial charge is 0.497 e. The lowest BCUT2D eigenvalue weighted by atomic mass is 10.0. The Morgan fingerprint density at radius 2 is 1.81 bits per heavy atom. The molecule has 0 aromatic heterocycles. The molecular formula is C15H15O. The molecule has 0 heterocycles. The van der Waals surface area contributed by atoms with Gasteiger partial charge in [0.25, 0.3) is 0 Å². The summed E-state index contributed by atoms with van der Waals surface area (Å²) in [6.07, 6.45) is 1.02. The molecule has 0 unspecified atom stereocenters. The molecule has 0 fully saturated rings. The summed E-state index contributed by atoms with van der Waals surface area (Å²) in [7, 11) is 1.68. The van der Waals surface area contributed by atoms with Gasteiger partial charge in [0.1, 0.15) is 5.75 Å². The summed E-state index contributed by atoms with van der Waals surface area (Å²) in [6.45, 7) is 2.14. The minimum atomic E-state index is 0.891. The number of benzene rings is 2. The third-order valence-corrected chi connectivity index (χ3v) is 2.67. The van der Waals surface area contributed by atoms with Crippen LogP contribution >= 0.6 is 0 Å². The van der Waals surface area contributed by atoms with Gasteiger partial charge in [0.2, 0.25) is 0 Å². The zero-order valence-electron chi connectivity index (χ0n) is 9.66. The number of hydrogen-bond donors (Lipinski definition) is 0. The highest BCUT2D eigenvalue weighted by molar-refractivity contribution is 5.64. The van der Waals surface area contributed by atoms with E-state index in [9.17, 15) is 0 Å². The van der Waals surface area contributed by atoms with Gasteiger partial charge in [-0.05, 0) is 41.3 Å². The molecular weight excluding hydrogens is 196 g/mol. The Labute approximate surface area is 96.7 Å². The van der Waals surface area contributed by atoms with Crippen LogP contribution in [0.1, 0.15) is 12.5 Å². The van der Waals surface area contributed by atoms with Gasteiger partial charge in [0, 0.05) is 0 Å². The van der Waals surface area contributed by atoms with Gasteiger partial charge in [-0.15, -0.1) is 0 Å². The summed E-state index contributed by atoms with van der Waals surface area (Å²) < 4.78 is 5.14. The fourth-order valence-electron chi connectivity index (χ4n) is 1.68. The molecule has 1 nitrogen and oxygen atoms in total. The van der Waals surface area contributed by atoms with Crippen molar-refractivity contribution in [3.8, 4) is 16.9 Å². The molecule has 2 rings (SSSR count). The first-order valence-corrected chi connectivity index (χ1v) is 5.48. The van der Waals surface area contributed by atoms with Gasteiger partial charge in [-0.2, -0.15) is 0 Å². The average molecular weight is 211 g/mol. The van der Waals surface area contributed by atoms with E-state index in [1.165, 1.54) is 16.7 Å². The second-order valence-electron chi connectivity index (χ2n) is 3.68. The van der Waals surface area contributed by atoms with E-state index in [4.69, 9.17) is 4.74 Å². The second-order valence-corrected chi connectivity index (χ2v) is 3.68. The van der Waals surface area contributed by atoms with Gasteiger partial charge >= 0.3 is 0 Å². The smallest absolute Gasteiger partial charge is 0.118 e. The zero-order valence-corrected chi connectivity index (χ0v) is 9.66. The van der Waals surface area contributed by atoms with E-state index in [1.54, 1.807) is 7.11 Å². The summed E-state index contributed by atoms with van der Waals surface area (Å²) in [6, 6.07) is 17.6. The van der Waals surface area contributed by atoms with E-state index in [1.807, 2.05) is 18.2 Å². The average Bonchev–Trinajstić information content (AvgIpc) is 2.39. The maximum atomic E-state index is 5.14. The quantitative estimate of drug-likeness (QED) is 0.751. The van der Waals surface area contributed by atoms with E-state index in [2.05, 4.69) is 37.3 Å². The molecule has 2 aromatic rings. The maximum absolute atomic E-state index is 5.14. The van der Waals surface area contributed by atoms with Crippen LogP contribution < -0.4 is 4.74 Å². The SMILES string of the molecule is CCc1[c]ccc(-c2ccc(OC)cc2)c1. The fraction of sp³-hybridized carbons (Fsp3) is 0.200. The standard InChI is InChI=1S/C15H15O/c1-3-12-5-4-6-14(11-12)13-7-9-15(16-2)10-8-13/h4,6-11H,3H2,1-2H3. The first kappa shape index (κ1) is 10.7. The lowest BCUT2D eigenvalue weighted by Crippen LogP contribution is -1.84. The molecule has 0 amide bonds. The van der Waals surface area contributed by atoms with Crippen LogP contribution in [0.4, 0.5) is 0 Å². The van der Waals surface area contributed by atoms with E-state index in [0.29, 0.717) is 0 Å². The van der Waals surface area contributed by atoms with Gasteiger partial charge in [-0.3, -0.25) is 0 Å². The Kier molecular flexibility index (Phi) is 3.25. The number of hydrogen-bond acceptors (Lipinski definition) is 1. The third kappa shape index (κ3) is 2.25. The summed E-state index contributed by atoms with van der Waals surface area (Å²) >= 11 is 0. The molecule has 0 spiro atoms. The van der Waals surface area contributed by atoms with Crippen LogP contribution in [0.25, 0.3) is 11.1 Å². The van der Waals surface area contributed by atoms with Crippen LogP contribution in [0.3, 0.4) is 0 Å².